The van der Waals surface area contributed by atoms with Crippen molar-refractivity contribution in [3.8, 4) is 0 Å². The van der Waals surface area contributed by atoms with E-state index in [0.29, 0.717) is 5.92 Å². The molecule has 0 bridgehead atoms. The number of nitrogens with one attached hydrogen (secondary N) is 1. The van der Waals surface area contributed by atoms with Gasteiger partial charge in [0.25, 0.3) is 0 Å². The largest absolute Gasteiger partial charge is 0.388 e. The van der Waals surface area contributed by atoms with Gasteiger partial charge in [-0.15, -0.1) is 0 Å². The highest BCUT2D eigenvalue weighted by molar-refractivity contribution is 4.99. The molecular formula is C15H27NO2. The second-order valence-electron chi connectivity index (χ2n) is 6.67. The maximum Gasteiger partial charge on any atom is 0.0801 e. The quantitative estimate of drug-likeness (QED) is 0.753. The van der Waals surface area contributed by atoms with E-state index in [1.165, 1.54) is 32.1 Å². The van der Waals surface area contributed by atoms with E-state index in [4.69, 9.17) is 4.74 Å². The lowest BCUT2D eigenvalue weighted by Gasteiger charge is -2.49. The zero-order chi connectivity index (χ0) is 12.5. The van der Waals surface area contributed by atoms with Gasteiger partial charge in [0.1, 0.15) is 0 Å². The van der Waals surface area contributed by atoms with Gasteiger partial charge in [-0.1, -0.05) is 19.3 Å². The van der Waals surface area contributed by atoms with Gasteiger partial charge < -0.3 is 15.2 Å². The Kier molecular flexibility index (Phi) is 3.65. The average molecular weight is 253 g/mol. The summed E-state index contributed by atoms with van der Waals surface area (Å²) in [4.78, 5) is 0. The van der Waals surface area contributed by atoms with Crippen molar-refractivity contribution in [2.24, 2.45) is 5.92 Å². The monoisotopic (exact) mass is 253 g/mol. The van der Waals surface area contributed by atoms with Crippen LogP contribution in [0.4, 0.5) is 0 Å². The van der Waals surface area contributed by atoms with Crippen molar-refractivity contribution in [2.45, 2.75) is 69.0 Å². The van der Waals surface area contributed by atoms with Gasteiger partial charge in [-0.3, -0.25) is 0 Å². The predicted molar refractivity (Wildman–Crippen MR) is 71.5 cm³/mol. The molecule has 18 heavy (non-hydrogen) atoms. The van der Waals surface area contributed by atoms with Crippen LogP contribution < -0.4 is 5.32 Å². The van der Waals surface area contributed by atoms with E-state index in [2.05, 4.69) is 5.32 Å². The van der Waals surface area contributed by atoms with Crippen molar-refractivity contribution in [1.29, 1.82) is 0 Å². The van der Waals surface area contributed by atoms with Gasteiger partial charge in [-0.05, 0) is 51.0 Å². The van der Waals surface area contributed by atoms with Gasteiger partial charge in [0, 0.05) is 13.2 Å². The standard InChI is InChI=1S/C15H27NO2/c17-15(8-4-9-16-12-15)13-5-10-18-14(11-13)6-2-1-3-7-14/h13,16-17H,1-12H2. The average Bonchev–Trinajstić information content (AvgIpc) is 2.41. The van der Waals surface area contributed by atoms with Crippen LogP contribution in [0.5, 0.6) is 0 Å². The molecule has 0 aromatic carbocycles. The van der Waals surface area contributed by atoms with Crippen molar-refractivity contribution in [3.05, 3.63) is 0 Å². The molecule has 1 saturated carbocycles. The maximum absolute atomic E-state index is 10.9. The van der Waals surface area contributed by atoms with E-state index < -0.39 is 5.60 Å². The second-order valence-corrected chi connectivity index (χ2v) is 6.67. The molecule has 1 aliphatic carbocycles. The lowest BCUT2D eigenvalue weighted by molar-refractivity contribution is -0.159. The highest BCUT2D eigenvalue weighted by atomic mass is 16.5. The Morgan fingerprint density at radius 2 is 1.89 bits per heavy atom. The van der Waals surface area contributed by atoms with E-state index in [-0.39, 0.29) is 5.60 Å². The Bertz CT molecular complexity index is 261. The Morgan fingerprint density at radius 1 is 1.06 bits per heavy atom. The first-order chi connectivity index (χ1) is 8.73. The van der Waals surface area contributed by atoms with Crippen LogP contribution in [0, 0.1) is 5.92 Å². The molecular weight excluding hydrogens is 226 g/mol. The van der Waals surface area contributed by atoms with Crippen LogP contribution in [-0.2, 0) is 4.74 Å². The van der Waals surface area contributed by atoms with Crippen LogP contribution in [0.2, 0.25) is 0 Å². The summed E-state index contributed by atoms with van der Waals surface area (Å²) in [7, 11) is 0. The summed E-state index contributed by atoms with van der Waals surface area (Å²) in [5.74, 6) is 0.442. The zero-order valence-electron chi connectivity index (χ0n) is 11.4. The number of rotatable bonds is 1. The summed E-state index contributed by atoms with van der Waals surface area (Å²) in [6, 6.07) is 0. The van der Waals surface area contributed by atoms with Crippen molar-refractivity contribution < 1.29 is 9.84 Å². The van der Waals surface area contributed by atoms with Gasteiger partial charge in [-0.2, -0.15) is 0 Å². The summed E-state index contributed by atoms with van der Waals surface area (Å²) in [6.45, 7) is 2.71. The predicted octanol–water partition coefficient (Wildman–Crippen LogP) is 2.23. The Labute approximate surface area is 110 Å². The molecule has 2 heterocycles. The molecule has 0 aromatic heterocycles. The minimum Gasteiger partial charge on any atom is -0.388 e. The second kappa shape index (κ2) is 5.10. The Morgan fingerprint density at radius 3 is 2.61 bits per heavy atom. The van der Waals surface area contributed by atoms with Gasteiger partial charge in [0.2, 0.25) is 0 Å². The smallest absolute Gasteiger partial charge is 0.0801 e. The number of ether oxygens (including phenoxy) is 1. The first-order valence-corrected chi connectivity index (χ1v) is 7.80. The third kappa shape index (κ3) is 2.45. The van der Waals surface area contributed by atoms with Gasteiger partial charge in [0.15, 0.2) is 0 Å². The van der Waals surface area contributed by atoms with E-state index in [1.807, 2.05) is 0 Å². The van der Waals surface area contributed by atoms with Gasteiger partial charge in [0.05, 0.1) is 11.2 Å². The number of aliphatic hydroxyl groups is 1. The molecule has 2 saturated heterocycles. The van der Waals surface area contributed by atoms with Gasteiger partial charge in [-0.25, -0.2) is 0 Å². The highest BCUT2D eigenvalue weighted by Gasteiger charge is 2.46. The normalized spacial score (nSPS) is 40.8. The molecule has 0 radical (unpaired) electrons. The third-order valence-corrected chi connectivity index (χ3v) is 5.41. The number of β-amino-alcohol motifs (C(OH)–C–C–N with tert-alkyl or cyclic N) is 1. The van der Waals surface area contributed by atoms with Crippen molar-refractivity contribution in [3.63, 3.8) is 0 Å². The number of piperidine rings is 1. The molecule has 3 rings (SSSR count). The molecule has 2 atom stereocenters. The molecule has 2 unspecified atom stereocenters. The van der Waals surface area contributed by atoms with Crippen LogP contribution >= 0.6 is 0 Å². The van der Waals surface area contributed by atoms with Crippen molar-refractivity contribution in [2.75, 3.05) is 19.7 Å². The molecule has 3 nitrogen and oxygen atoms in total. The molecule has 3 aliphatic rings. The summed E-state index contributed by atoms with van der Waals surface area (Å²) in [5, 5.41) is 14.3. The van der Waals surface area contributed by atoms with E-state index in [1.54, 1.807) is 0 Å². The zero-order valence-corrected chi connectivity index (χ0v) is 11.4. The number of hydrogen-bond donors (Lipinski definition) is 2. The minimum absolute atomic E-state index is 0.119. The van der Waals surface area contributed by atoms with Crippen LogP contribution in [0.1, 0.15) is 57.8 Å². The van der Waals surface area contributed by atoms with Crippen molar-refractivity contribution >= 4 is 0 Å². The molecule has 2 aliphatic heterocycles. The van der Waals surface area contributed by atoms with Gasteiger partial charge >= 0.3 is 0 Å². The molecule has 3 fully saturated rings. The Hall–Kier alpha value is -0.120. The molecule has 104 valence electrons. The summed E-state index contributed by atoms with van der Waals surface area (Å²) in [6.07, 6.45) is 10.6. The summed E-state index contributed by atoms with van der Waals surface area (Å²) < 4.78 is 6.14. The van der Waals surface area contributed by atoms with E-state index >= 15 is 0 Å². The fourth-order valence-electron chi connectivity index (χ4n) is 4.29. The summed E-state index contributed by atoms with van der Waals surface area (Å²) in [5.41, 5.74) is -0.346. The van der Waals surface area contributed by atoms with Crippen molar-refractivity contribution in [1.82, 2.24) is 5.32 Å². The fourth-order valence-corrected chi connectivity index (χ4v) is 4.29. The number of hydrogen-bond acceptors (Lipinski definition) is 3. The Balaban J connectivity index is 1.69. The molecule has 0 amide bonds. The van der Waals surface area contributed by atoms with E-state index in [9.17, 15) is 5.11 Å². The first-order valence-electron chi connectivity index (χ1n) is 7.80. The fraction of sp³-hybridized carbons (Fsp3) is 1.00. The van der Waals surface area contributed by atoms with E-state index in [0.717, 1.165) is 45.4 Å². The SMILES string of the molecule is OC1(C2CCOC3(CCCCC3)C2)CCCNC1. The minimum atomic E-state index is -0.466. The lowest BCUT2D eigenvalue weighted by Crippen LogP contribution is -2.55. The molecule has 0 aromatic rings. The van der Waals surface area contributed by atoms with Crippen LogP contribution in [-0.4, -0.2) is 36.0 Å². The molecule has 2 N–H and O–H groups in total. The first kappa shape index (κ1) is 12.9. The summed E-state index contributed by atoms with van der Waals surface area (Å²) >= 11 is 0. The highest BCUT2D eigenvalue weighted by Crippen LogP contribution is 2.44. The van der Waals surface area contributed by atoms with Crippen LogP contribution in [0.15, 0.2) is 0 Å². The maximum atomic E-state index is 10.9. The van der Waals surface area contributed by atoms with Crippen LogP contribution in [0.3, 0.4) is 0 Å². The topological polar surface area (TPSA) is 41.5 Å². The third-order valence-electron chi connectivity index (χ3n) is 5.41. The lowest BCUT2D eigenvalue weighted by atomic mass is 9.69. The van der Waals surface area contributed by atoms with Crippen LogP contribution in [0.25, 0.3) is 0 Å². The molecule has 1 spiro atoms. The molecule has 3 heteroatoms.